The standard InChI is InChI=1S/C17H23NO5/c1-9-13(20)7-11-14(9)12(19)6-4-3-5-10-8-17(10,16(22)23-2)18-15(11)21/h3,5,9-11,13-14,20H,4,6-8H2,1-2H3,(H,18,21)/b5-3-. The zero-order valence-electron chi connectivity index (χ0n) is 13.5. The van der Waals surface area contributed by atoms with E-state index in [4.69, 9.17) is 4.74 Å². The molecule has 6 unspecified atom stereocenters. The molecule has 2 fully saturated rings. The van der Waals surface area contributed by atoms with Gasteiger partial charge in [0.2, 0.25) is 5.91 Å². The molecule has 0 aromatic carbocycles. The van der Waals surface area contributed by atoms with Crippen LogP contribution in [0.25, 0.3) is 0 Å². The van der Waals surface area contributed by atoms with Gasteiger partial charge in [-0.1, -0.05) is 19.1 Å². The summed E-state index contributed by atoms with van der Waals surface area (Å²) in [6, 6.07) is 0. The van der Waals surface area contributed by atoms with Gasteiger partial charge in [0.1, 0.15) is 11.3 Å². The Morgan fingerprint density at radius 1 is 1.43 bits per heavy atom. The minimum atomic E-state index is -1.00. The molecule has 3 rings (SSSR count). The van der Waals surface area contributed by atoms with E-state index in [2.05, 4.69) is 5.32 Å². The smallest absolute Gasteiger partial charge is 0.332 e. The van der Waals surface area contributed by atoms with Crippen LogP contribution in [-0.2, 0) is 19.1 Å². The quantitative estimate of drug-likeness (QED) is 0.544. The number of nitrogens with one attached hydrogen (secondary N) is 1. The molecule has 2 saturated carbocycles. The number of methoxy groups -OCH3 is 1. The lowest BCUT2D eigenvalue weighted by Gasteiger charge is -2.23. The molecule has 0 bridgehead atoms. The topological polar surface area (TPSA) is 92.7 Å². The molecule has 1 aliphatic heterocycles. The number of hydrogen-bond donors (Lipinski definition) is 2. The van der Waals surface area contributed by atoms with Crippen LogP contribution in [-0.4, -0.2) is 41.5 Å². The third kappa shape index (κ3) is 2.59. The molecular formula is C17H23NO5. The van der Waals surface area contributed by atoms with E-state index in [0.717, 1.165) is 0 Å². The fourth-order valence-corrected chi connectivity index (χ4v) is 4.11. The lowest BCUT2D eigenvalue weighted by molar-refractivity contribution is -0.147. The molecule has 1 amide bonds. The van der Waals surface area contributed by atoms with E-state index in [9.17, 15) is 19.5 Å². The molecule has 0 radical (unpaired) electrons. The Morgan fingerprint density at radius 3 is 2.87 bits per heavy atom. The molecule has 6 nitrogen and oxygen atoms in total. The number of ether oxygens (including phenoxy) is 1. The lowest BCUT2D eigenvalue weighted by Crippen LogP contribution is -2.49. The first-order valence-electron chi connectivity index (χ1n) is 8.18. The maximum Gasteiger partial charge on any atom is 0.332 e. The summed E-state index contributed by atoms with van der Waals surface area (Å²) in [6.07, 6.45) is 4.86. The second-order valence-electron chi connectivity index (χ2n) is 6.99. The van der Waals surface area contributed by atoms with E-state index >= 15 is 0 Å². The highest BCUT2D eigenvalue weighted by molar-refractivity contribution is 5.95. The summed E-state index contributed by atoms with van der Waals surface area (Å²) >= 11 is 0. The Morgan fingerprint density at radius 2 is 2.17 bits per heavy atom. The monoisotopic (exact) mass is 321 g/mol. The maximum absolute atomic E-state index is 12.7. The number of aliphatic hydroxyl groups is 1. The van der Waals surface area contributed by atoms with E-state index in [-0.39, 0.29) is 29.9 Å². The lowest BCUT2D eigenvalue weighted by atomic mass is 9.84. The number of carbonyl (C=O) groups is 3. The molecular weight excluding hydrogens is 298 g/mol. The summed E-state index contributed by atoms with van der Waals surface area (Å²) in [5, 5.41) is 12.9. The molecule has 1 heterocycles. The van der Waals surface area contributed by atoms with Crippen LogP contribution in [0.2, 0.25) is 0 Å². The zero-order chi connectivity index (χ0) is 16.8. The third-order valence-corrected chi connectivity index (χ3v) is 5.65. The van der Waals surface area contributed by atoms with Crippen LogP contribution in [0.15, 0.2) is 12.2 Å². The number of fused-ring (bicyclic) bond motifs is 2. The SMILES string of the molecule is COC(=O)C12CC1/C=C\CCC(=O)C1C(CC(O)C1C)C(=O)N2. The average Bonchev–Trinajstić information content (AvgIpc) is 3.13. The number of Topliss-reactive ketones (excluding diaryl/α,β-unsaturated/α-hetero) is 1. The molecule has 126 valence electrons. The van der Waals surface area contributed by atoms with Crippen molar-refractivity contribution in [3.05, 3.63) is 12.2 Å². The van der Waals surface area contributed by atoms with Gasteiger partial charge < -0.3 is 15.2 Å². The Hall–Kier alpha value is -1.69. The summed E-state index contributed by atoms with van der Waals surface area (Å²) in [7, 11) is 1.31. The number of aliphatic hydroxyl groups excluding tert-OH is 1. The van der Waals surface area contributed by atoms with Crippen LogP contribution < -0.4 is 5.32 Å². The number of carbonyl (C=O) groups excluding carboxylic acids is 3. The number of allylic oxidation sites excluding steroid dienone is 1. The van der Waals surface area contributed by atoms with Crippen molar-refractivity contribution >= 4 is 17.7 Å². The van der Waals surface area contributed by atoms with Crippen molar-refractivity contribution in [3.63, 3.8) is 0 Å². The van der Waals surface area contributed by atoms with Gasteiger partial charge in [0.15, 0.2) is 0 Å². The molecule has 0 saturated heterocycles. The number of hydrogen-bond acceptors (Lipinski definition) is 5. The van der Waals surface area contributed by atoms with Crippen molar-refractivity contribution in [1.29, 1.82) is 0 Å². The summed E-state index contributed by atoms with van der Waals surface area (Å²) in [4.78, 5) is 37.3. The minimum Gasteiger partial charge on any atom is -0.467 e. The summed E-state index contributed by atoms with van der Waals surface area (Å²) < 4.78 is 4.85. The molecule has 23 heavy (non-hydrogen) atoms. The fourth-order valence-electron chi connectivity index (χ4n) is 4.11. The van der Waals surface area contributed by atoms with Gasteiger partial charge in [0.25, 0.3) is 0 Å². The van der Waals surface area contributed by atoms with Crippen LogP contribution in [0.4, 0.5) is 0 Å². The first-order valence-corrected chi connectivity index (χ1v) is 8.18. The minimum absolute atomic E-state index is 0.0153. The maximum atomic E-state index is 12.7. The van der Waals surface area contributed by atoms with Crippen molar-refractivity contribution in [2.45, 2.75) is 44.2 Å². The van der Waals surface area contributed by atoms with E-state index in [1.54, 1.807) is 0 Å². The van der Waals surface area contributed by atoms with Crippen LogP contribution in [0.3, 0.4) is 0 Å². The highest BCUT2D eigenvalue weighted by Gasteiger charge is 2.62. The van der Waals surface area contributed by atoms with Crippen molar-refractivity contribution in [2.75, 3.05) is 7.11 Å². The van der Waals surface area contributed by atoms with Crippen molar-refractivity contribution in [3.8, 4) is 0 Å². The van der Waals surface area contributed by atoms with Gasteiger partial charge in [-0.15, -0.1) is 0 Å². The first-order chi connectivity index (χ1) is 10.9. The van der Waals surface area contributed by atoms with E-state index < -0.39 is 29.4 Å². The van der Waals surface area contributed by atoms with Gasteiger partial charge in [-0.2, -0.15) is 0 Å². The molecule has 3 aliphatic rings. The molecule has 0 aromatic rings. The van der Waals surface area contributed by atoms with Gasteiger partial charge in [0, 0.05) is 18.3 Å². The number of amides is 1. The zero-order valence-corrected chi connectivity index (χ0v) is 13.5. The van der Waals surface area contributed by atoms with Crippen LogP contribution >= 0.6 is 0 Å². The predicted molar refractivity (Wildman–Crippen MR) is 81.1 cm³/mol. The van der Waals surface area contributed by atoms with Gasteiger partial charge >= 0.3 is 5.97 Å². The van der Waals surface area contributed by atoms with Gasteiger partial charge in [0.05, 0.1) is 19.1 Å². The summed E-state index contributed by atoms with van der Waals surface area (Å²) in [5.41, 5.74) is -1.00. The van der Waals surface area contributed by atoms with Crippen LogP contribution in [0.1, 0.15) is 32.6 Å². The summed E-state index contributed by atoms with van der Waals surface area (Å²) in [6.45, 7) is 1.81. The number of esters is 1. The highest BCUT2D eigenvalue weighted by Crippen LogP contribution is 2.47. The third-order valence-electron chi connectivity index (χ3n) is 5.65. The van der Waals surface area contributed by atoms with Crippen molar-refractivity contribution < 1.29 is 24.2 Å². The second-order valence-corrected chi connectivity index (χ2v) is 6.99. The number of rotatable bonds is 1. The van der Waals surface area contributed by atoms with Crippen molar-refractivity contribution in [2.24, 2.45) is 23.7 Å². The molecule has 0 aromatic heterocycles. The summed E-state index contributed by atoms with van der Waals surface area (Å²) in [5.74, 6) is -2.15. The van der Waals surface area contributed by atoms with E-state index in [0.29, 0.717) is 19.3 Å². The van der Waals surface area contributed by atoms with E-state index in [1.165, 1.54) is 7.11 Å². The largest absolute Gasteiger partial charge is 0.467 e. The Bertz CT molecular complexity index is 571. The van der Waals surface area contributed by atoms with E-state index in [1.807, 2.05) is 19.1 Å². The Labute approximate surface area is 135 Å². The predicted octanol–water partition coefficient (Wildman–Crippen LogP) is 0.586. The molecule has 2 aliphatic carbocycles. The van der Waals surface area contributed by atoms with Crippen LogP contribution in [0, 0.1) is 23.7 Å². The molecule has 2 N–H and O–H groups in total. The van der Waals surface area contributed by atoms with Gasteiger partial charge in [-0.3, -0.25) is 9.59 Å². The van der Waals surface area contributed by atoms with Gasteiger partial charge in [-0.05, 0) is 25.2 Å². The fraction of sp³-hybridized carbons (Fsp3) is 0.706. The normalized spacial score (nSPS) is 44.4. The first kappa shape index (κ1) is 16.2. The Kier molecular flexibility index (Phi) is 4.04. The molecule has 6 heteroatoms. The average molecular weight is 321 g/mol. The molecule has 0 spiro atoms. The number of ketones is 1. The van der Waals surface area contributed by atoms with Gasteiger partial charge in [-0.25, -0.2) is 4.79 Å². The highest BCUT2D eigenvalue weighted by atomic mass is 16.5. The second kappa shape index (κ2) is 5.74. The van der Waals surface area contributed by atoms with Crippen LogP contribution in [0.5, 0.6) is 0 Å². The molecule has 6 atom stereocenters. The van der Waals surface area contributed by atoms with Crippen molar-refractivity contribution in [1.82, 2.24) is 5.32 Å². The Balaban J connectivity index is 1.91.